The topological polar surface area (TPSA) is 66.0 Å². The summed E-state index contributed by atoms with van der Waals surface area (Å²) < 4.78 is 22.2. The molecule has 0 aliphatic carbocycles. The molecule has 0 unspecified atom stereocenters. The lowest BCUT2D eigenvalue weighted by molar-refractivity contribution is 0.0944. The summed E-state index contributed by atoms with van der Waals surface area (Å²) in [5.74, 6) is 2.51. The number of hydrogen-bond acceptors (Lipinski definition) is 5. The van der Waals surface area contributed by atoms with E-state index in [2.05, 4.69) is 11.4 Å². The molecule has 0 fully saturated rings. The van der Waals surface area contributed by atoms with Gasteiger partial charge in [0.05, 0.1) is 27.4 Å². The number of benzene rings is 2. The number of methoxy groups -OCH3 is 2. The third-order valence-electron chi connectivity index (χ3n) is 4.84. The smallest absolute Gasteiger partial charge is 0.259 e. The third-order valence-corrected chi connectivity index (χ3v) is 4.84. The van der Waals surface area contributed by atoms with E-state index in [0.29, 0.717) is 36.8 Å². The van der Waals surface area contributed by atoms with Crippen LogP contribution in [-0.2, 0) is 19.4 Å². The first kappa shape index (κ1) is 16.6. The van der Waals surface area contributed by atoms with Crippen molar-refractivity contribution in [1.29, 1.82) is 0 Å². The average Bonchev–Trinajstić information content (AvgIpc) is 3.33. The van der Waals surface area contributed by atoms with Gasteiger partial charge in [-0.05, 0) is 18.2 Å². The molecule has 0 spiro atoms. The molecule has 6 nitrogen and oxygen atoms in total. The van der Waals surface area contributed by atoms with Gasteiger partial charge < -0.3 is 24.3 Å². The van der Waals surface area contributed by atoms with Crippen molar-refractivity contribution in [2.75, 3.05) is 27.4 Å². The third kappa shape index (κ3) is 2.71. The van der Waals surface area contributed by atoms with E-state index in [-0.39, 0.29) is 5.91 Å². The molecule has 0 atom stereocenters. The quantitative estimate of drug-likeness (QED) is 0.893. The Morgan fingerprint density at radius 3 is 2.58 bits per heavy atom. The summed E-state index contributed by atoms with van der Waals surface area (Å²) in [5.41, 5.74) is 3.66. The fourth-order valence-electron chi connectivity index (χ4n) is 3.60. The minimum atomic E-state index is -0.248. The fourth-order valence-corrected chi connectivity index (χ4v) is 3.60. The number of rotatable bonds is 5. The number of fused-ring (bicyclic) bond motifs is 2. The van der Waals surface area contributed by atoms with Crippen LogP contribution in [0.1, 0.15) is 27.0 Å². The van der Waals surface area contributed by atoms with Crippen LogP contribution in [-0.4, -0.2) is 33.3 Å². The van der Waals surface area contributed by atoms with Crippen LogP contribution in [0.15, 0.2) is 24.3 Å². The van der Waals surface area contributed by atoms with Crippen LogP contribution in [0.4, 0.5) is 0 Å². The van der Waals surface area contributed by atoms with Crippen LogP contribution in [0, 0.1) is 0 Å². The zero-order valence-corrected chi connectivity index (χ0v) is 14.9. The molecule has 2 heterocycles. The number of amides is 1. The molecule has 0 radical (unpaired) electrons. The lowest BCUT2D eigenvalue weighted by Crippen LogP contribution is -2.24. The average molecular weight is 355 g/mol. The molecule has 2 aliphatic rings. The molecular formula is C20H21NO5. The highest BCUT2D eigenvalue weighted by Crippen LogP contribution is 2.40. The monoisotopic (exact) mass is 355 g/mol. The largest absolute Gasteiger partial charge is 0.496 e. The highest BCUT2D eigenvalue weighted by Gasteiger charge is 2.27. The number of nitrogens with one attached hydrogen (secondary N) is 1. The second-order valence-electron chi connectivity index (χ2n) is 6.24. The second-order valence-corrected chi connectivity index (χ2v) is 6.24. The highest BCUT2D eigenvalue weighted by molar-refractivity contribution is 5.99. The summed E-state index contributed by atoms with van der Waals surface area (Å²) in [7, 11) is 3.07. The lowest BCUT2D eigenvalue weighted by Gasteiger charge is -2.16. The van der Waals surface area contributed by atoms with Gasteiger partial charge in [0, 0.05) is 36.1 Å². The lowest BCUT2D eigenvalue weighted by atomic mass is 9.99. The van der Waals surface area contributed by atoms with Gasteiger partial charge in [0.2, 0.25) is 0 Å². The van der Waals surface area contributed by atoms with Crippen molar-refractivity contribution in [3.63, 3.8) is 0 Å². The van der Waals surface area contributed by atoms with Crippen LogP contribution in [0.2, 0.25) is 0 Å². The van der Waals surface area contributed by atoms with Gasteiger partial charge in [-0.3, -0.25) is 4.79 Å². The first-order valence-corrected chi connectivity index (χ1v) is 8.65. The predicted molar refractivity (Wildman–Crippen MR) is 95.6 cm³/mol. The zero-order valence-electron chi connectivity index (χ0n) is 14.9. The van der Waals surface area contributed by atoms with E-state index < -0.39 is 0 Å². The summed E-state index contributed by atoms with van der Waals surface area (Å²) >= 11 is 0. The Morgan fingerprint density at radius 2 is 1.85 bits per heavy atom. The van der Waals surface area contributed by atoms with Gasteiger partial charge in [-0.25, -0.2) is 0 Å². The number of carbonyl (C=O) groups excluding carboxylic acids is 1. The predicted octanol–water partition coefficient (Wildman–Crippen LogP) is 2.50. The minimum absolute atomic E-state index is 0.248. The van der Waals surface area contributed by atoms with Crippen molar-refractivity contribution in [2.45, 2.75) is 19.4 Å². The molecule has 136 valence electrons. The van der Waals surface area contributed by atoms with Crippen molar-refractivity contribution in [3.8, 4) is 23.0 Å². The Bertz CT molecular complexity index is 807. The summed E-state index contributed by atoms with van der Waals surface area (Å²) in [6.45, 7) is 1.70. The molecular weight excluding hydrogens is 334 g/mol. The molecule has 0 saturated heterocycles. The Labute approximate surface area is 152 Å². The highest BCUT2D eigenvalue weighted by atomic mass is 16.5. The first-order valence-electron chi connectivity index (χ1n) is 8.65. The number of hydrogen-bond donors (Lipinski definition) is 1. The van der Waals surface area contributed by atoms with Gasteiger partial charge in [0.15, 0.2) is 0 Å². The Hall–Kier alpha value is -2.89. The molecule has 0 bridgehead atoms. The first-order chi connectivity index (χ1) is 12.7. The normalized spacial score (nSPS) is 14.1. The van der Waals surface area contributed by atoms with E-state index in [1.165, 1.54) is 14.2 Å². The Kier molecular flexibility index (Phi) is 4.32. The second kappa shape index (κ2) is 6.78. The summed E-state index contributed by atoms with van der Waals surface area (Å²) in [4.78, 5) is 12.8. The maximum absolute atomic E-state index is 12.8. The Balaban J connectivity index is 1.62. The van der Waals surface area contributed by atoms with Crippen LogP contribution in [0.5, 0.6) is 23.0 Å². The SMILES string of the molecule is COc1cccc(OC)c1C(=O)NCc1c2c(cc3c1OCC3)OCC2. The van der Waals surface area contributed by atoms with Gasteiger partial charge in [0.1, 0.15) is 28.6 Å². The van der Waals surface area contributed by atoms with Crippen molar-refractivity contribution >= 4 is 5.91 Å². The molecule has 1 N–H and O–H groups in total. The number of carbonyl (C=O) groups is 1. The molecule has 2 aromatic rings. The molecule has 0 aromatic heterocycles. The van der Waals surface area contributed by atoms with E-state index in [9.17, 15) is 4.79 Å². The van der Waals surface area contributed by atoms with E-state index in [1.54, 1.807) is 18.2 Å². The molecule has 2 aliphatic heterocycles. The molecule has 6 heteroatoms. The van der Waals surface area contributed by atoms with Crippen molar-refractivity contribution in [1.82, 2.24) is 5.32 Å². The van der Waals surface area contributed by atoms with Crippen LogP contribution < -0.4 is 24.3 Å². The fraction of sp³-hybridized carbons (Fsp3) is 0.350. The van der Waals surface area contributed by atoms with Crippen LogP contribution >= 0.6 is 0 Å². The Morgan fingerprint density at radius 1 is 1.12 bits per heavy atom. The van der Waals surface area contributed by atoms with E-state index in [0.717, 1.165) is 41.0 Å². The van der Waals surface area contributed by atoms with Gasteiger partial charge in [-0.2, -0.15) is 0 Å². The van der Waals surface area contributed by atoms with Gasteiger partial charge in [-0.15, -0.1) is 0 Å². The van der Waals surface area contributed by atoms with Crippen molar-refractivity contribution < 1.29 is 23.7 Å². The maximum atomic E-state index is 12.8. The minimum Gasteiger partial charge on any atom is -0.496 e. The molecule has 26 heavy (non-hydrogen) atoms. The van der Waals surface area contributed by atoms with Crippen molar-refractivity contribution in [2.24, 2.45) is 0 Å². The zero-order chi connectivity index (χ0) is 18.1. The molecule has 0 saturated carbocycles. The summed E-state index contributed by atoms with van der Waals surface area (Å²) in [6, 6.07) is 7.34. The number of ether oxygens (including phenoxy) is 4. The van der Waals surface area contributed by atoms with Gasteiger partial charge in [-0.1, -0.05) is 6.07 Å². The van der Waals surface area contributed by atoms with Crippen LogP contribution in [0.3, 0.4) is 0 Å². The summed E-state index contributed by atoms with van der Waals surface area (Å²) in [5, 5.41) is 2.99. The van der Waals surface area contributed by atoms with Gasteiger partial charge >= 0.3 is 0 Å². The van der Waals surface area contributed by atoms with E-state index >= 15 is 0 Å². The van der Waals surface area contributed by atoms with Gasteiger partial charge in [0.25, 0.3) is 5.91 Å². The van der Waals surface area contributed by atoms with E-state index in [1.807, 2.05) is 0 Å². The standard InChI is InChI=1S/C20H21NO5/c1-23-15-4-3-5-16(24-2)18(15)20(22)21-11-14-13-7-9-25-17(13)10-12-6-8-26-19(12)14/h3-5,10H,6-9,11H2,1-2H3,(H,21,22). The van der Waals surface area contributed by atoms with Crippen LogP contribution in [0.25, 0.3) is 0 Å². The summed E-state index contributed by atoms with van der Waals surface area (Å²) in [6.07, 6.45) is 1.70. The molecule has 2 aromatic carbocycles. The van der Waals surface area contributed by atoms with E-state index in [4.69, 9.17) is 18.9 Å². The molecule has 1 amide bonds. The molecule has 4 rings (SSSR count). The van der Waals surface area contributed by atoms with Crippen molar-refractivity contribution in [3.05, 3.63) is 46.5 Å². The maximum Gasteiger partial charge on any atom is 0.259 e.